The molecule has 0 radical (unpaired) electrons. The van der Waals surface area contributed by atoms with Crippen molar-refractivity contribution in [1.29, 1.82) is 0 Å². The molecule has 0 bridgehead atoms. The van der Waals surface area contributed by atoms with E-state index in [0.717, 1.165) is 11.1 Å². The van der Waals surface area contributed by atoms with Crippen molar-refractivity contribution in [3.8, 4) is 11.5 Å². The lowest BCUT2D eigenvalue weighted by atomic mass is 10.1. The maximum Gasteiger partial charge on any atom is 0.161 e. The highest BCUT2D eigenvalue weighted by Crippen LogP contribution is 2.30. The van der Waals surface area contributed by atoms with Crippen molar-refractivity contribution in [2.75, 3.05) is 34.5 Å². The van der Waals surface area contributed by atoms with Gasteiger partial charge in [-0.05, 0) is 37.2 Å². The summed E-state index contributed by atoms with van der Waals surface area (Å²) in [6.45, 7) is 2.48. The Morgan fingerprint density at radius 2 is 1.63 bits per heavy atom. The van der Waals surface area contributed by atoms with Gasteiger partial charge in [0.15, 0.2) is 11.5 Å². The lowest BCUT2D eigenvalue weighted by Crippen LogP contribution is -2.37. The number of aliphatic hydroxyl groups excluding tert-OH is 2. The smallest absolute Gasteiger partial charge is 0.161 e. The number of nitrogens with zero attached hydrogens (tertiary/aromatic N) is 1. The predicted molar refractivity (Wildman–Crippen MR) is 73.7 cm³/mol. The van der Waals surface area contributed by atoms with Crippen molar-refractivity contribution in [2.24, 2.45) is 0 Å². The molecule has 1 aromatic rings. The zero-order valence-corrected chi connectivity index (χ0v) is 12.0. The molecule has 0 amide bonds. The molecule has 5 heteroatoms. The Bertz CT molecular complexity index is 405. The third-order valence-electron chi connectivity index (χ3n) is 3.31. The highest BCUT2D eigenvalue weighted by molar-refractivity contribution is 5.47. The fraction of sp³-hybridized carbons (Fsp3) is 0.571. The minimum Gasteiger partial charge on any atom is -0.493 e. The Labute approximate surface area is 114 Å². The van der Waals surface area contributed by atoms with Crippen LogP contribution in [0, 0.1) is 6.92 Å². The molecule has 0 unspecified atom stereocenters. The van der Waals surface area contributed by atoms with Crippen LogP contribution >= 0.6 is 0 Å². The van der Waals surface area contributed by atoms with E-state index in [1.807, 2.05) is 31.0 Å². The van der Waals surface area contributed by atoms with Crippen LogP contribution in [-0.4, -0.2) is 55.6 Å². The van der Waals surface area contributed by atoms with Crippen molar-refractivity contribution in [3.63, 3.8) is 0 Å². The van der Waals surface area contributed by atoms with Gasteiger partial charge in [0.25, 0.3) is 0 Å². The summed E-state index contributed by atoms with van der Waals surface area (Å²) in [5.74, 6) is 1.38. The number of benzene rings is 1. The maximum absolute atomic E-state index is 9.18. The monoisotopic (exact) mass is 269 g/mol. The second kappa shape index (κ2) is 7.33. The number of hydrogen-bond donors (Lipinski definition) is 2. The Hall–Kier alpha value is -1.30. The fourth-order valence-corrected chi connectivity index (χ4v) is 1.93. The van der Waals surface area contributed by atoms with Gasteiger partial charge in [0.2, 0.25) is 0 Å². The van der Waals surface area contributed by atoms with E-state index >= 15 is 0 Å². The predicted octanol–water partition coefficient (Wildman–Crippen LogP) is 0.797. The van der Waals surface area contributed by atoms with E-state index in [9.17, 15) is 10.2 Å². The second-order valence-electron chi connectivity index (χ2n) is 4.57. The van der Waals surface area contributed by atoms with Crippen LogP contribution in [0.4, 0.5) is 0 Å². The minimum absolute atomic E-state index is 0.0701. The summed E-state index contributed by atoms with van der Waals surface area (Å²) in [6, 6.07) is 3.60. The zero-order chi connectivity index (χ0) is 14.4. The van der Waals surface area contributed by atoms with Crippen LogP contribution in [0.1, 0.15) is 11.1 Å². The summed E-state index contributed by atoms with van der Waals surface area (Å²) in [5, 5.41) is 18.4. The molecule has 0 aliphatic rings. The molecule has 5 nitrogen and oxygen atoms in total. The van der Waals surface area contributed by atoms with Crippen molar-refractivity contribution in [1.82, 2.24) is 4.90 Å². The maximum atomic E-state index is 9.18. The first kappa shape index (κ1) is 15.8. The number of hydrogen-bond acceptors (Lipinski definition) is 5. The topological polar surface area (TPSA) is 62.2 Å². The van der Waals surface area contributed by atoms with Gasteiger partial charge in [-0.1, -0.05) is 0 Å². The summed E-state index contributed by atoms with van der Waals surface area (Å²) < 4.78 is 10.5. The van der Waals surface area contributed by atoms with Crippen LogP contribution < -0.4 is 9.47 Å². The summed E-state index contributed by atoms with van der Waals surface area (Å²) in [6.07, 6.45) is 0. The Morgan fingerprint density at radius 3 is 2.11 bits per heavy atom. The highest BCUT2D eigenvalue weighted by Gasteiger charge is 2.15. The van der Waals surface area contributed by atoms with Crippen molar-refractivity contribution in [2.45, 2.75) is 19.5 Å². The number of ether oxygens (including phenoxy) is 2. The van der Waals surface area contributed by atoms with Gasteiger partial charge in [-0.25, -0.2) is 0 Å². The Balaban J connectivity index is 2.95. The van der Waals surface area contributed by atoms with Crippen molar-refractivity contribution >= 4 is 0 Å². The molecule has 1 rings (SSSR count). The Kier molecular flexibility index (Phi) is 6.08. The molecule has 2 N–H and O–H groups in total. The minimum atomic E-state index is -0.257. The first-order valence-electron chi connectivity index (χ1n) is 6.20. The second-order valence-corrected chi connectivity index (χ2v) is 4.57. The molecule has 0 fully saturated rings. The highest BCUT2D eigenvalue weighted by atomic mass is 16.5. The lowest BCUT2D eigenvalue weighted by Gasteiger charge is -2.25. The molecular weight excluding hydrogens is 246 g/mol. The molecule has 108 valence electrons. The van der Waals surface area contributed by atoms with E-state index in [1.54, 1.807) is 14.2 Å². The van der Waals surface area contributed by atoms with Crippen molar-refractivity contribution < 1.29 is 19.7 Å². The quantitative estimate of drug-likeness (QED) is 0.766. The molecular formula is C14H23NO4. The normalized spacial score (nSPS) is 11.2. The third kappa shape index (κ3) is 3.83. The average Bonchev–Trinajstić information content (AvgIpc) is 2.41. The summed E-state index contributed by atoms with van der Waals surface area (Å²) in [7, 11) is 5.08. The van der Waals surface area contributed by atoms with E-state index in [2.05, 4.69) is 0 Å². The van der Waals surface area contributed by atoms with Crippen LogP contribution in [0.2, 0.25) is 0 Å². The first-order valence-corrected chi connectivity index (χ1v) is 6.20. The first-order chi connectivity index (χ1) is 9.07. The van der Waals surface area contributed by atoms with E-state index in [1.165, 1.54) is 0 Å². The van der Waals surface area contributed by atoms with Crippen molar-refractivity contribution in [3.05, 3.63) is 23.3 Å². The molecule has 0 aromatic heterocycles. The third-order valence-corrected chi connectivity index (χ3v) is 3.31. The molecule has 0 saturated heterocycles. The van der Waals surface area contributed by atoms with Gasteiger partial charge in [-0.3, -0.25) is 4.90 Å². The van der Waals surface area contributed by atoms with E-state index in [4.69, 9.17) is 9.47 Å². The molecule has 19 heavy (non-hydrogen) atoms. The van der Waals surface area contributed by atoms with E-state index in [0.29, 0.717) is 18.0 Å². The number of aliphatic hydroxyl groups is 2. The number of likely N-dealkylation sites (N-methyl/N-ethyl adjacent to an activating group) is 1. The number of methoxy groups -OCH3 is 2. The largest absolute Gasteiger partial charge is 0.493 e. The lowest BCUT2D eigenvalue weighted by molar-refractivity contribution is 0.0872. The van der Waals surface area contributed by atoms with E-state index in [-0.39, 0.29) is 19.3 Å². The fourth-order valence-electron chi connectivity index (χ4n) is 1.93. The van der Waals surface area contributed by atoms with Crippen LogP contribution in [0.3, 0.4) is 0 Å². The van der Waals surface area contributed by atoms with Crippen LogP contribution in [0.25, 0.3) is 0 Å². The van der Waals surface area contributed by atoms with Gasteiger partial charge < -0.3 is 19.7 Å². The summed E-state index contributed by atoms with van der Waals surface area (Å²) in [4.78, 5) is 1.91. The summed E-state index contributed by atoms with van der Waals surface area (Å²) in [5.41, 5.74) is 2.16. The molecule has 1 aromatic carbocycles. The molecule has 0 atom stereocenters. The van der Waals surface area contributed by atoms with Gasteiger partial charge in [0.1, 0.15) is 0 Å². The number of rotatable bonds is 7. The van der Waals surface area contributed by atoms with Gasteiger partial charge in [0, 0.05) is 6.54 Å². The molecule has 0 saturated carbocycles. The zero-order valence-electron chi connectivity index (χ0n) is 12.0. The SMILES string of the molecule is COc1cc(C)c(CN(C)C(CO)CO)cc1OC. The standard InChI is InChI=1S/C14H23NO4/c1-10-5-13(18-3)14(19-4)6-11(10)7-15(2)12(8-16)9-17/h5-6,12,16-17H,7-9H2,1-4H3. The van der Waals surface area contributed by atoms with Crippen LogP contribution in [-0.2, 0) is 6.54 Å². The molecule has 0 aliphatic heterocycles. The molecule has 0 spiro atoms. The molecule has 0 aliphatic carbocycles. The van der Waals surface area contributed by atoms with Crippen LogP contribution in [0.15, 0.2) is 12.1 Å². The van der Waals surface area contributed by atoms with Gasteiger partial charge in [0.05, 0.1) is 33.5 Å². The average molecular weight is 269 g/mol. The Morgan fingerprint density at radius 1 is 1.11 bits per heavy atom. The van der Waals surface area contributed by atoms with Gasteiger partial charge in [-0.2, -0.15) is 0 Å². The number of aryl methyl sites for hydroxylation is 1. The van der Waals surface area contributed by atoms with Crippen LogP contribution in [0.5, 0.6) is 11.5 Å². The van der Waals surface area contributed by atoms with Gasteiger partial charge in [-0.15, -0.1) is 0 Å². The summed E-state index contributed by atoms with van der Waals surface area (Å²) >= 11 is 0. The van der Waals surface area contributed by atoms with Gasteiger partial charge >= 0.3 is 0 Å². The molecule has 0 heterocycles. The van der Waals surface area contributed by atoms with E-state index < -0.39 is 0 Å².